The summed E-state index contributed by atoms with van der Waals surface area (Å²) < 4.78 is 34.3. The molecule has 10 heteroatoms. The van der Waals surface area contributed by atoms with Crippen LogP contribution < -0.4 is 14.4 Å². The SMILES string of the molecule is CNC(=O)C(Cc1ccccc1)N(Cc1ccccc1C)C(=O)CN(c1ccc(OC)c(Cl)c1)S(=O)(=O)c1ccccc1. The van der Waals surface area contributed by atoms with Crippen molar-refractivity contribution in [2.45, 2.75) is 30.8 Å². The normalized spacial score (nSPS) is 11.8. The molecule has 0 aliphatic carbocycles. The highest BCUT2D eigenvalue weighted by Crippen LogP contribution is 2.32. The third kappa shape index (κ3) is 7.55. The minimum Gasteiger partial charge on any atom is -0.495 e. The number of ether oxygens (including phenoxy) is 1. The van der Waals surface area contributed by atoms with Crippen LogP contribution in [0, 0.1) is 6.92 Å². The van der Waals surface area contributed by atoms with Gasteiger partial charge in [0.15, 0.2) is 0 Å². The number of amides is 2. The highest BCUT2D eigenvalue weighted by molar-refractivity contribution is 7.92. The molecule has 4 aromatic carbocycles. The topological polar surface area (TPSA) is 96.0 Å². The lowest BCUT2D eigenvalue weighted by molar-refractivity contribution is -0.139. The van der Waals surface area contributed by atoms with Gasteiger partial charge in [-0.05, 0) is 53.9 Å². The minimum absolute atomic E-state index is 0.00679. The zero-order valence-corrected chi connectivity index (χ0v) is 25.8. The molecule has 224 valence electrons. The van der Waals surface area contributed by atoms with E-state index in [9.17, 15) is 18.0 Å². The molecule has 8 nitrogen and oxygen atoms in total. The largest absolute Gasteiger partial charge is 0.495 e. The fraction of sp³-hybridized carbons (Fsp3) is 0.212. The molecule has 0 aliphatic heterocycles. The molecule has 0 spiro atoms. The fourth-order valence-corrected chi connectivity index (χ4v) is 6.43. The Kier molecular flexibility index (Phi) is 10.4. The maximum atomic E-state index is 14.4. The molecule has 1 N–H and O–H groups in total. The summed E-state index contributed by atoms with van der Waals surface area (Å²) in [5.74, 6) is -0.562. The number of anilines is 1. The van der Waals surface area contributed by atoms with Gasteiger partial charge in [-0.25, -0.2) is 8.42 Å². The molecular weight excluding hydrogens is 586 g/mol. The van der Waals surface area contributed by atoms with Crippen LogP contribution in [-0.4, -0.2) is 51.9 Å². The van der Waals surface area contributed by atoms with E-state index in [2.05, 4.69) is 5.32 Å². The third-order valence-corrected chi connectivity index (χ3v) is 9.24. The van der Waals surface area contributed by atoms with Gasteiger partial charge in [0.1, 0.15) is 18.3 Å². The summed E-state index contributed by atoms with van der Waals surface area (Å²) >= 11 is 6.40. The van der Waals surface area contributed by atoms with Gasteiger partial charge in [0.05, 0.1) is 22.7 Å². The number of aryl methyl sites for hydroxylation is 1. The van der Waals surface area contributed by atoms with Crippen molar-refractivity contribution in [3.8, 4) is 5.75 Å². The summed E-state index contributed by atoms with van der Waals surface area (Å²) in [6, 6.07) is 28.4. The molecule has 0 aromatic heterocycles. The van der Waals surface area contributed by atoms with Crippen molar-refractivity contribution in [1.82, 2.24) is 10.2 Å². The van der Waals surface area contributed by atoms with Gasteiger partial charge in [0.25, 0.3) is 10.0 Å². The number of carbonyl (C=O) groups is 2. The van der Waals surface area contributed by atoms with E-state index >= 15 is 0 Å². The molecule has 0 heterocycles. The first-order valence-corrected chi connectivity index (χ1v) is 15.5. The minimum atomic E-state index is -4.22. The van der Waals surface area contributed by atoms with Gasteiger partial charge in [-0.1, -0.05) is 84.4 Å². The Labute approximate surface area is 257 Å². The van der Waals surface area contributed by atoms with E-state index < -0.39 is 28.5 Å². The number of rotatable bonds is 12. The number of nitrogens with zero attached hydrogens (tertiary/aromatic N) is 2. The molecule has 0 saturated carbocycles. The molecular formula is C33H34ClN3O5S. The Morgan fingerprint density at radius 2 is 1.53 bits per heavy atom. The van der Waals surface area contributed by atoms with Crippen LogP contribution in [-0.2, 0) is 32.6 Å². The summed E-state index contributed by atoms with van der Waals surface area (Å²) in [4.78, 5) is 29.2. The van der Waals surface area contributed by atoms with Crippen LogP contribution in [0.2, 0.25) is 5.02 Å². The van der Waals surface area contributed by atoms with E-state index in [1.165, 1.54) is 43.3 Å². The van der Waals surface area contributed by atoms with E-state index in [0.717, 1.165) is 21.0 Å². The molecule has 2 amide bonds. The number of sulfonamides is 1. The highest BCUT2D eigenvalue weighted by Gasteiger charge is 2.34. The first-order valence-electron chi connectivity index (χ1n) is 13.7. The number of benzene rings is 4. The molecule has 1 atom stereocenters. The van der Waals surface area contributed by atoms with Gasteiger partial charge in [0.2, 0.25) is 11.8 Å². The number of methoxy groups -OCH3 is 1. The number of halogens is 1. The lowest BCUT2D eigenvalue weighted by Crippen LogP contribution is -2.53. The smallest absolute Gasteiger partial charge is 0.264 e. The standard InChI is InChI=1S/C33H34ClN3O5S/c1-24-12-10-11-15-26(24)22-36(30(33(39)35-2)20-25-13-6-4-7-14-25)32(38)23-37(27-18-19-31(42-3)29(34)21-27)43(40,41)28-16-8-5-9-17-28/h4-19,21,30H,20,22-23H2,1-3H3,(H,35,39). The van der Waals surface area contributed by atoms with Crippen LogP contribution in [0.15, 0.2) is 108 Å². The summed E-state index contributed by atoms with van der Waals surface area (Å²) in [6.07, 6.45) is 0.234. The van der Waals surface area contributed by atoms with Crippen molar-refractivity contribution < 1.29 is 22.7 Å². The molecule has 4 rings (SSSR count). The number of hydrogen-bond acceptors (Lipinski definition) is 5. The van der Waals surface area contributed by atoms with Crippen LogP contribution in [0.25, 0.3) is 0 Å². The lowest BCUT2D eigenvalue weighted by atomic mass is 10.0. The van der Waals surface area contributed by atoms with Gasteiger partial charge in [-0.2, -0.15) is 0 Å². The van der Waals surface area contributed by atoms with Crippen LogP contribution in [0.1, 0.15) is 16.7 Å². The monoisotopic (exact) mass is 619 g/mol. The molecule has 0 saturated heterocycles. The van der Waals surface area contributed by atoms with Crippen LogP contribution >= 0.6 is 11.6 Å². The van der Waals surface area contributed by atoms with Crippen LogP contribution in [0.4, 0.5) is 5.69 Å². The lowest BCUT2D eigenvalue weighted by Gasteiger charge is -2.34. The Morgan fingerprint density at radius 1 is 0.907 bits per heavy atom. The zero-order chi connectivity index (χ0) is 31.0. The van der Waals surface area contributed by atoms with Gasteiger partial charge in [-0.3, -0.25) is 13.9 Å². The molecule has 0 fully saturated rings. The van der Waals surface area contributed by atoms with Crippen molar-refractivity contribution in [3.63, 3.8) is 0 Å². The predicted molar refractivity (Wildman–Crippen MR) is 169 cm³/mol. The fourth-order valence-electron chi connectivity index (χ4n) is 4.75. The molecule has 0 bridgehead atoms. The first kappa shape index (κ1) is 31.6. The third-order valence-electron chi connectivity index (χ3n) is 7.15. The Balaban J connectivity index is 1.81. The van der Waals surface area contributed by atoms with E-state index in [4.69, 9.17) is 16.3 Å². The number of hydrogen-bond donors (Lipinski definition) is 1. The second-order valence-electron chi connectivity index (χ2n) is 9.91. The average Bonchev–Trinajstić information content (AvgIpc) is 3.02. The van der Waals surface area contributed by atoms with E-state index in [0.29, 0.717) is 5.75 Å². The summed E-state index contributed by atoms with van der Waals surface area (Å²) in [7, 11) is -1.25. The maximum Gasteiger partial charge on any atom is 0.264 e. The Morgan fingerprint density at radius 3 is 2.14 bits per heavy atom. The second kappa shape index (κ2) is 14.2. The van der Waals surface area contributed by atoms with Crippen molar-refractivity contribution in [1.29, 1.82) is 0 Å². The number of nitrogens with one attached hydrogen (secondary N) is 1. The van der Waals surface area contributed by atoms with Crippen molar-refractivity contribution >= 4 is 39.1 Å². The quantitative estimate of drug-likeness (QED) is 0.234. The molecule has 43 heavy (non-hydrogen) atoms. The average molecular weight is 620 g/mol. The molecule has 1 unspecified atom stereocenters. The van der Waals surface area contributed by atoms with Gasteiger partial charge < -0.3 is 15.0 Å². The zero-order valence-electron chi connectivity index (χ0n) is 24.2. The highest BCUT2D eigenvalue weighted by atomic mass is 35.5. The van der Waals surface area contributed by atoms with Crippen molar-refractivity contribution in [2.24, 2.45) is 0 Å². The van der Waals surface area contributed by atoms with Gasteiger partial charge >= 0.3 is 0 Å². The second-order valence-corrected chi connectivity index (χ2v) is 12.2. The Bertz CT molecular complexity index is 1670. The van der Waals surface area contributed by atoms with E-state index in [1.807, 2.05) is 61.5 Å². The first-order chi connectivity index (χ1) is 20.6. The summed E-state index contributed by atoms with van der Waals surface area (Å²) in [6.45, 7) is 1.45. The Hall–Kier alpha value is -4.34. The van der Waals surface area contributed by atoms with Gasteiger partial charge in [-0.15, -0.1) is 0 Å². The number of carbonyl (C=O) groups excluding carboxylic acids is 2. The molecule has 0 radical (unpaired) electrons. The maximum absolute atomic E-state index is 14.4. The van der Waals surface area contributed by atoms with Crippen LogP contribution in [0.5, 0.6) is 5.75 Å². The van der Waals surface area contributed by atoms with Gasteiger partial charge in [0, 0.05) is 20.0 Å². The molecule has 4 aromatic rings. The predicted octanol–water partition coefficient (Wildman–Crippen LogP) is 5.24. The van der Waals surface area contributed by atoms with E-state index in [-0.39, 0.29) is 34.5 Å². The van der Waals surface area contributed by atoms with Crippen molar-refractivity contribution in [3.05, 3.63) is 125 Å². The summed E-state index contributed by atoms with van der Waals surface area (Å²) in [5.41, 5.74) is 2.81. The van der Waals surface area contributed by atoms with E-state index in [1.54, 1.807) is 24.3 Å². The van der Waals surface area contributed by atoms with Crippen LogP contribution in [0.3, 0.4) is 0 Å². The summed E-state index contributed by atoms with van der Waals surface area (Å²) in [5, 5.41) is 2.87. The van der Waals surface area contributed by atoms with Crippen molar-refractivity contribution in [2.75, 3.05) is 25.0 Å². The molecule has 0 aliphatic rings. The number of likely N-dealkylation sites (N-methyl/N-ethyl adjacent to an activating group) is 1.